The number of nitrogens with two attached hydrogens (primary N) is 1. The number of thiazole rings is 1. The fourth-order valence-corrected chi connectivity index (χ4v) is 3.41. The molecule has 1 aliphatic carbocycles. The molecule has 1 aromatic rings. The summed E-state index contributed by atoms with van der Waals surface area (Å²) in [5, 5.41) is 1.44. The molecule has 2 N–H and O–H groups in total. The van der Waals surface area contributed by atoms with Gasteiger partial charge in [0.1, 0.15) is 11.1 Å². The van der Waals surface area contributed by atoms with Crippen LogP contribution in [-0.2, 0) is 0 Å². The minimum atomic E-state index is 0.296. The van der Waals surface area contributed by atoms with Crippen LogP contribution in [0, 0.1) is 11.3 Å². The van der Waals surface area contributed by atoms with Crippen LogP contribution in [0.15, 0.2) is 6.20 Å². The molecule has 1 heterocycles. The standard InChI is InChI=1S/C12H20N2OS/c1-8-4-9(6-12(2,3)5-8)15-11-14-7-10(13)16-11/h7-9H,4-6,13H2,1-3H3. The minimum absolute atomic E-state index is 0.296. The summed E-state index contributed by atoms with van der Waals surface area (Å²) in [5.41, 5.74) is 6.02. The highest BCUT2D eigenvalue weighted by atomic mass is 32.1. The first-order valence-electron chi connectivity index (χ1n) is 5.82. The highest BCUT2D eigenvalue weighted by molar-refractivity contribution is 7.17. The normalized spacial score (nSPS) is 28.9. The van der Waals surface area contributed by atoms with Crippen LogP contribution >= 0.6 is 11.3 Å². The summed E-state index contributed by atoms with van der Waals surface area (Å²) in [5.74, 6) is 0.728. The van der Waals surface area contributed by atoms with Crippen LogP contribution in [0.3, 0.4) is 0 Å². The van der Waals surface area contributed by atoms with Gasteiger partial charge in [-0.1, -0.05) is 32.1 Å². The number of nitrogens with zero attached hydrogens (tertiary/aromatic N) is 1. The second-order valence-corrected chi connectivity index (χ2v) is 6.71. The summed E-state index contributed by atoms with van der Waals surface area (Å²) in [6, 6.07) is 0. The van der Waals surface area contributed by atoms with E-state index in [1.54, 1.807) is 6.20 Å². The lowest BCUT2D eigenvalue weighted by Gasteiger charge is -2.38. The molecule has 90 valence electrons. The summed E-state index contributed by atoms with van der Waals surface area (Å²) in [7, 11) is 0. The van der Waals surface area contributed by atoms with E-state index in [2.05, 4.69) is 25.8 Å². The number of anilines is 1. The molecule has 1 aromatic heterocycles. The molecule has 2 rings (SSSR count). The monoisotopic (exact) mass is 240 g/mol. The lowest BCUT2D eigenvalue weighted by Crippen LogP contribution is -2.34. The molecule has 2 atom stereocenters. The minimum Gasteiger partial charge on any atom is -0.467 e. The Bertz CT molecular complexity index is 362. The van der Waals surface area contributed by atoms with Gasteiger partial charge < -0.3 is 10.5 Å². The summed E-state index contributed by atoms with van der Waals surface area (Å²) in [6.45, 7) is 6.93. The summed E-state index contributed by atoms with van der Waals surface area (Å²) >= 11 is 1.43. The average molecular weight is 240 g/mol. The van der Waals surface area contributed by atoms with Gasteiger partial charge in [0.2, 0.25) is 0 Å². The second-order valence-electron chi connectivity index (χ2n) is 5.68. The number of hydrogen-bond donors (Lipinski definition) is 1. The molecule has 0 aliphatic heterocycles. The van der Waals surface area contributed by atoms with Gasteiger partial charge in [-0.05, 0) is 30.6 Å². The van der Waals surface area contributed by atoms with Crippen molar-refractivity contribution in [2.75, 3.05) is 5.73 Å². The van der Waals surface area contributed by atoms with Crippen molar-refractivity contribution in [3.8, 4) is 5.19 Å². The van der Waals surface area contributed by atoms with Crippen molar-refractivity contribution in [1.29, 1.82) is 0 Å². The van der Waals surface area contributed by atoms with Gasteiger partial charge in [-0.3, -0.25) is 0 Å². The number of hydrogen-bond acceptors (Lipinski definition) is 4. The van der Waals surface area contributed by atoms with Crippen LogP contribution in [0.4, 0.5) is 5.00 Å². The van der Waals surface area contributed by atoms with E-state index in [0.29, 0.717) is 16.7 Å². The largest absolute Gasteiger partial charge is 0.467 e. The number of nitrogen functional groups attached to an aromatic ring is 1. The summed E-state index contributed by atoms with van der Waals surface area (Å²) < 4.78 is 5.91. The van der Waals surface area contributed by atoms with Gasteiger partial charge in [0.25, 0.3) is 5.19 Å². The molecule has 16 heavy (non-hydrogen) atoms. The Labute approximate surface area is 101 Å². The maximum atomic E-state index is 5.91. The molecule has 3 nitrogen and oxygen atoms in total. The Hall–Kier alpha value is -0.770. The number of ether oxygens (including phenoxy) is 1. The third-order valence-corrected chi connectivity index (χ3v) is 3.83. The number of rotatable bonds is 2. The SMILES string of the molecule is CC1CC(Oc2ncc(N)s2)CC(C)(C)C1. The van der Waals surface area contributed by atoms with Crippen molar-refractivity contribution < 1.29 is 4.74 Å². The lowest BCUT2D eigenvalue weighted by atomic mass is 9.71. The smallest absolute Gasteiger partial charge is 0.275 e. The maximum Gasteiger partial charge on any atom is 0.275 e. The number of aromatic nitrogens is 1. The predicted octanol–water partition coefficient (Wildman–Crippen LogP) is 3.32. The fourth-order valence-electron chi connectivity index (χ4n) is 2.82. The van der Waals surface area contributed by atoms with Gasteiger partial charge in [-0.15, -0.1) is 0 Å². The molecule has 0 spiro atoms. The topological polar surface area (TPSA) is 48.1 Å². The van der Waals surface area contributed by atoms with Gasteiger partial charge in [-0.25, -0.2) is 4.98 Å². The third kappa shape index (κ3) is 2.88. The molecular formula is C12H20N2OS. The van der Waals surface area contributed by atoms with Gasteiger partial charge in [0, 0.05) is 0 Å². The van der Waals surface area contributed by atoms with Crippen LogP contribution in [0.25, 0.3) is 0 Å². The Morgan fingerprint density at radius 3 is 2.81 bits per heavy atom. The van der Waals surface area contributed by atoms with Crippen molar-refractivity contribution in [2.24, 2.45) is 11.3 Å². The molecule has 2 unspecified atom stereocenters. The van der Waals surface area contributed by atoms with Crippen LogP contribution in [-0.4, -0.2) is 11.1 Å². The molecule has 0 bridgehead atoms. The van der Waals surface area contributed by atoms with E-state index >= 15 is 0 Å². The van der Waals surface area contributed by atoms with Crippen LogP contribution in [0.1, 0.15) is 40.0 Å². The van der Waals surface area contributed by atoms with Crippen LogP contribution in [0.5, 0.6) is 5.19 Å². The Morgan fingerprint density at radius 2 is 2.25 bits per heavy atom. The van der Waals surface area contributed by atoms with E-state index in [1.165, 1.54) is 17.8 Å². The van der Waals surface area contributed by atoms with Crippen molar-refractivity contribution in [2.45, 2.75) is 46.1 Å². The second kappa shape index (κ2) is 4.24. The highest BCUT2D eigenvalue weighted by Gasteiger charge is 2.33. The molecule has 1 aliphatic rings. The molecule has 1 saturated carbocycles. The lowest BCUT2D eigenvalue weighted by molar-refractivity contribution is 0.0561. The van der Waals surface area contributed by atoms with Gasteiger partial charge in [-0.2, -0.15) is 0 Å². The Morgan fingerprint density at radius 1 is 1.50 bits per heavy atom. The summed E-state index contributed by atoms with van der Waals surface area (Å²) in [4.78, 5) is 4.15. The molecule has 0 aromatic carbocycles. The van der Waals surface area contributed by atoms with E-state index in [-0.39, 0.29) is 0 Å². The molecule has 0 saturated heterocycles. The first-order chi connectivity index (χ1) is 7.44. The van der Waals surface area contributed by atoms with E-state index in [1.807, 2.05) is 0 Å². The van der Waals surface area contributed by atoms with Crippen molar-refractivity contribution in [1.82, 2.24) is 4.98 Å². The fraction of sp³-hybridized carbons (Fsp3) is 0.750. The molecule has 0 radical (unpaired) electrons. The van der Waals surface area contributed by atoms with Crippen molar-refractivity contribution >= 4 is 16.3 Å². The van der Waals surface area contributed by atoms with E-state index in [4.69, 9.17) is 10.5 Å². The van der Waals surface area contributed by atoms with Crippen LogP contribution < -0.4 is 10.5 Å². The van der Waals surface area contributed by atoms with Gasteiger partial charge in [0.05, 0.1) is 6.20 Å². The molecule has 4 heteroatoms. The first kappa shape index (κ1) is 11.7. The molecular weight excluding hydrogens is 220 g/mol. The Kier molecular flexibility index (Phi) is 3.10. The first-order valence-corrected chi connectivity index (χ1v) is 6.64. The molecule has 1 fully saturated rings. The van der Waals surface area contributed by atoms with Gasteiger partial charge >= 0.3 is 0 Å². The van der Waals surface area contributed by atoms with Crippen molar-refractivity contribution in [3.05, 3.63) is 6.20 Å². The third-order valence-electron chi connectivity index (χ3n) is 3.12. The van der Waals surface area contributed by atoms with E-state index < -0.39 is 0 Å². The van der Waals surface area contributed by atoms with Crippen molar-refractivity contribution in [3.63, 3.8) is 0 Å². The van der Waals surface area contributed by atoms with E-state index in [0.717, 1.165) is 23.8 Å². The Balaban J connectivity index is 1.99. The average Bonchev–Trinajstić information content (AvgIpc) is 2.46. The zero-order chi connectivity index (χ0) is 11.8. The zero-order valence-corrected chi connectivity index (χ0v) is 11.0. The van der Waals surface area contributed by atoms with E-state index in [9.17, 15) is 0 Å². The van der Waals surface area contributed by atoms with Crippen LogP contribution in [0.2, 0.25) is 0 Å². The maximum absolute atomic E-state index is 5.91. The summed E-state index contributed by atoms with van der Waals surface area (Å²) in [6.07, 6.45) is 5.48. The van der Waals surface area contributed by atoms with Gasteiger partial charge in [0.15, 0.2) is 0 Å². The predicted molar refractivity (Wildman–Crippen MR) is 67.7 cm³/mol. The zero-order valence-electron chi connectivity index (χ0n) is 10.2. The quantitative estimate of drug-likeness (QED) is 0.862. The molecule has 0 amide bonds. The highest BCUT2D eigenvalue weighted by Crippen LogP contribution is 2.40.